The molecule has 0 bridgehead atoms. The van der Waals surface area contributed by atoms with Gasteiger partial charge in [-0.2, -0.15) is 0 Å². The zero-order valence-electron chi connectivity index (χ0n) is 9.00. The van der Waals surface area contributed by atoms with E-state index in [9.17, 15) is 15.3 Å². The third kappa shape index (κ3) is 1.99. The Morgan fingerprint density at radius 2 is 1.88 bits per heavy atom. The molecule has 0 saturated heterocycles. The number of phenolic OH excluding ortho intramolecular Hbond substituents is 2. The average molecular weight is 223 g/mol. The second-order valence-electron chi connectivity index (χ2n) is 4.46. The van der Waals surface area contributed by atoms with Crippen molar-refractivity contribution in [1.82, 2.24) is 0 Å². The minimum absolute atomic E-state index is 0.172. The normalized spacial score (nSPS) is 20.1. The van der Waals surface area contributed by atoms with Crippen LogP contribution in [0.3, 0.4) is 0 Å². The molecule has 1 aliphatic rings. The number of benzene rings is 1. The van der Waals surface area contributed by atoms with Crippen LogP contribution in [0.1, 0.15) is 30.9 Å². The highest BCUT2D eigenvalue weighted by Gasteiger charge is 2.30. The fourth-order valence-electron chi connectivity index (χ4n) is 2.02. The van der Waals surface area contributed by atoms with Crippen molar-refractivity contribution in [3.63, 3.8) is 0 Å². The molecule has 0 aliphatic heterocycles. The molecule has 0 amide bonds. The lowest BCUT2D eigenvalue weighted by molar-refractivity contribution is 0.0413. The molecule has 0 heterocycles. The average Bonchev–Trinajstić information content (AvgIpc) is 2.18. The summed E-state index contributed by atoms with van der Waals surface area (Å²) in [7, 11) is 0. The van der Waals surface area contributed by atoms with E-state index in [0.717, 1.165) is 19.3 Å². The number of aromatic hydroxyl groups is 2. The highest BCUT2D eigenvalue weighted by atomic mass is 16.3. The first kappa shape index (κ1) is 11.2. The highest BCUT2D eigenvalue weighted by Crippen LogP contribution is 2.35. The monoisotopic (exact) mass is 223 g/mol. The van der Waals surface area contributed by atoms with E-state index >= 15 is 0 Å². The van der Waals surface area contributed by atoms with Gasteiger partial charge in [0.25, 0.3) is 0 Å². The van der Waals surface area contributed by atoms with Gasteiger partial charge in [0, 0.05) is 0 Å². The zero-order chi connectivity index (χ0) is 11.7. The first-order chi connectivity index (χ1) is 7.59. The van der Waals surface area contributed by atoms with Gasteiger partial charge in [-0.05, 0) is 36.5 Å². The van der Waals surface area contributed by atoms with Gasteiger partial charge in [0.1, 0.15) is 0 Å². The van der Waals surface area contributed by atoms with Crippen LogP contribution < -0.4 is 5.73 Å². The number of aliphatic hydroxyl groups excluding tert-OH is 1. The zero-order valence-corrected chi connectivity index (χ0v) is 9.00. The maximum atomic E-state index is 9.98. The van der Waals surface area contributed by atoms with Gasteiger partial charge in [0.2, 0.25) is 0 Å². The minimum atomic E-state index is -0.572. The molecule has 2 atom stereocenters. The summed E-state index contributed by atoms with van der Waals surface area (Å²) in [6.45, 7) is 0. The van der Waals surface area contributed by atoms with E-state index in [1.807, 2.05) is 0 Å². The van der Waals surface area contributed by atoms with Crippen LogP contribution in [0.2, 0.25) is 0 Å². The number of hydrogen-bond acceptors (Lipinski definition) is 4. The Kier molecular flexibility index (Phi) is 3.03. The molecule has 0 aromatic heterocycles. The van der Waals surface area contributed by atoms with E-state index in [1.165, 1.54) is 12.1 Å². The van der Waals surface area contributed by atoms with Crippen LogP contribution in [-0.4, -0.2) is 21.4 Å². The Morgan fingerprint density at radius 3 is 2.38 bits per heavy atom. The number of nitrogens with two attached hydrogens (primary N) is 1. The summed E-state index contributed by atoms with van der Waals surface area (Å²) in [6, 6.07) is 3.92. The van der Waals surface area contributed by atoms with Crippen molar-refractivity contribution in [3.05, 3.63) is 23.8 Å². The second kappa shape index (κ2) is 4.31. The molecule has 16 heavy (non-hydrogen) atoms. The molecule has 88 valence electrons. The van der Waals surface area contributed by atoms with Crippen LogP contribution in [0.4, 0.5) is 0 Å². The smallest absolute Gasteiger partial charge is 0.157 e. The van der Waals surface area contributed by atoms with E-state index in [-0.39, 0.29) is 17.4 Å². The second-order valence-corrected chi connectivity index (χ2v) is 4.46. The number of hydrogen-bond donors (Lipinski definition) is 4. The van der Waals surface area contributed by atoms with Crippen molar-refractivity contribution in [3.8, 4) is 11.5 Å². The Hall–Kier alpha value is -1.26. The van der Waals surface area contributed by atoms with Crippen LogP contribution in [0.25, 0.3) is 0 Å². The molecule has 4 heteroatoms. The summed E-state index contributed by atoms with van der Waals surface area (Å²) in [4.78, 5) is 0. The largest absolute Gasteiger partial charge is 0.504 e. The third-order valence-electron chi connectivity index (χ3n) is 3.39. The van der Waals surface area contributed by atoms with Crippen molar-refractivity contribution in [2.24, 2.45) is 11.7 Å². The van der Waals surface area contributed by atoms with Crippen LogP contribution in [0, 0.1) is 5.92 Å². The summed E-state index contributed by atoms with van der Waals surface area (Å²) < 4.78 is 0. The van der Waals surface area contributed by atoms with Gasteiger partial charge in [-0.3, -0.25) is 0 Å². The summed E-state index contributed by atoms with van der Waals surface area (Å²) in [5.41, 5.74) is 6.57. The Labute approximate surface area is 94.3 Å². The van der Waals surface area contributed by atoms with E-state index in [0.29, 0.717) is 5.56 Å². The quantitative estimate of drug-likeness (QED) is 0.581. The number of aliphatic hydroxyl groups is 1. The predicted molar refractivity (Wildman–Crippen MR) is 60.0 cm³/mol. The molecule has 1 fully saturated rings. The van der Waals surface area contributed by atoms with Gasteiger partial charge >= 0.3 is 0 Å². The van der Waals surface area contributed by atoms with E-state index in [2.05, 4.69) is 0 Å². The summed E-state index contributed by atoms with van der Waals surface area (Å²) in [5, 5.41) is 28.5. The van der Waals surface area contributed by atoms with Gasteiger partial charge < -0.3 is 21.1 Å². The van der Waals surface area contributed by atoms with Crippen LogP contribution in [-0.2, 0) is 0 Å². The van der Waals surface area contributed by atoms with E-state index in [1.54, 1.807) is 6.07 Å². The molecule has 5 N–H and O–H groups in total. The molecular formula is C12H17NO3. The summed E-state index contributed by atoms with van der Waals surface area (Å²) in [5.74, 6) is -0.103. The molecule has 4 nitrogen and oxygen atoms in total. The maximum absolute atomic E-state index is 9.98. The van der Waals surface area contributed by atoms with Gasteiger partial charge in [-0.15, -0.1) is 0 Å². The number of rotatable bonds is 3. The van der Waals surface area contributed by atoms with Gasteiger partial charge in [0.15, 0.2) is 11.5 Å². The van der Waals surface area contributed by atoms with Crippen LogP contribution in [0.15, 0.2) is 18.2 Å². The Balaban J connectivity index is 2.12. The Morgan fingerprint density at radius 1 is 1.19 bits per heavy atom. The van der Waals surface area contributed by atoms with Gasteiger partial charge in [-0.1, -0.05) is 12.5 Å². The maximum Gasteiger partial charge on any atom is 0.157 e. The molecule has 0 unspecified atom stereocenters. The molecule has 1 aromatic carbocycles. The van der Waals surface area contributed by atoms with Crippen LogP contribution in [0.5, 0.6) is 11.5 Å². The summed E-state index contributed by atoms with van der Waals surface area (Å²) >= 11 is 0. The van der Waals surface area contributed by atoms with Crippen molar-refractivity contribution < 1.29 is 15.3 Å². The third-order valence-corrected chi connectivity index (χ3v) is 3.39. The van der Waals surface area contributed by atoms with E-state index < -0.39 is 12.1 Å². The molecule has 0 spiro atoms. The molecule has 1 aromatic rings. The van der Waals surface area contributed by atoms with Crippen LogP contribution >= 0.6 is 0 Å². The predicted octanol–water partition coefficient (Wildman–Crippen LogP) is 1.26. The van der Waals surface area contributed by atoms with Gasteiger partial charge in [-0.25, -0.2) is 0 Å². The highest BCUT2D eigenvalue weighted by molar-refractivity contribution is 5.41. The topological polar surface area (TPSA) is 86.7 Å². The summed E-state index contributed by atoms with van der Waals surface area (Å²) in [6.07, 6.45) is 2.60. The fraction of sp³-hybridized carbons (Fsp3) is 0.500. The van der Waals surface area contributed by atoms with Crippen molar-refractivity contribution >= 4 is 0 Å². The number of phenols is 2. The first-order valence-corrected chi connectivity index (χ1v) is 5.55. The first-order valence-electron chi connectivity index (χ1n) is 5.55. The molecule has 1 aliphatic carbocycles. The fourth-order valence-corrected chi connectivity index (χ4v) is 2.02. The standard InChI is InChI=1S/C12H17NO3/c13-11(12(16)7-2-1-3-7)8-4-5-9(14)10(15)6-8/h4-7,11-12,14-16H,1-3,13H2/t11-,12+/m1/s1. The van der Waals surface area contributed by atoms with Crippen molar-refractivity contribution in [1.29, 1.82) is 0 Å². The molecule has 2 rings (SSSR count). The molecule has 0 radical (unpaired) electrons. The van der Waals surface area contributed by atoms with Gasteiger partial charge in [0.05, 0.1) is 12.1 Å². The lowest BCUT2D eigenvalue weighted by Crippen LogP contribution is -2.36. The Bertz CT molecular complexity index is 377. The lowest BCUT2D eigenvalue weighted by atomic mass is 9.77. The minimum Gasteiger partial charge on any atom is -0.504 e. The SMILES string of the molecule is N[C@H](c1ccc(O)c(O)c1)[C@@H](O)C1CCC1. The lowest BCUT2D eigenvalue weighted by Gasteiger charge is -2.33. The van der Waals surface area contributed by atoms with Crippen molar-refractivity contribution in [2.75, 3.05) is 0 Å². The molecular weight excluding hydrogens is 206 g/mol. The van der Waals surface area contributed by atoms with Crippen molar-refractivity contribution in [2.45, 2.75) is 31.4 Å². The molecule has 1 saturated carbocycles. The van der Waals surface area contributed by atoms with E-state index in [4.69, 9.17) is 5.73 Å².